The zero-order valence-electron chi connectivity index (χ0n) is 19.3. The van der Waals surface area contributed by atoms with Crippen LogP contribution < -0.4 is 29.6 Å². The summed E-state index contributed by atoms with van der Waals surface area (Å²) >= 11 is 1.32. The third-order valence-electron chi connectivity index (χ3n) is 5.92. The number of nitrogens with zero attached hydrogens (tertiary/aromatic N) is 3. The zero-order valence-corrected chi connectivity index (χ0v) is 20.1. The Bertz CT molecular complexity index is 1430. The second-order valence-corrected chi connectivity index (χ2v) is 9.24. The molecule has 9 heteroatoms. The first-order chi connectivity index (χ1) is 16.6. The van der Waals surface area contributed by atoms with E-state index in [-0.39, 0.29) is 18.4 Å². The van der Waals surface area contributed by atoms with Crippen LogP contribution in [-0.2, 0) is 6.42 Å². The smallest absolute Gasteiger partial charge is 0.291 e. The lowest BCUT2D eigenvalue weighted by atomic mass is 10.0. The van der Waals surface area contributed by atoms with Crippen LogP contribution in [0, 0.1) is 0 Å². The highest BCUT2D eigenvalue weighted by Gasteiger charge is 2.20. The van der Waals surface area contributed by atoms with Crippen LogP contribution in [0.4, 0.5) is 0 Å². The van der Waals surface area contributed by atoms with Gasteiger partial charge in [0, 0.05) is 24.1 Å². The molecule has 0 amide bonds. The molecule has 4 aromatic rings. The fourth-order valence-corrected chi connectivity index (χ4v) is 4.86. The molecule has 0 saturated heterocycles. The predicted molar refractivity (Wildman–Crippen MR) is 131 cm³/mol. The van der Waals surface area contributed by atoms with Crippen LogP contribution >= 0.6 is 11.3 Å². The first kappa shape index (κ1) is 22.4. The van der Waals surface area contributed by atoms with E-state index in [0.717, 1.165) is 23.3 Å². The molecule has 34 heavy (non-hydrogen) atoms. The third-order valence-corrected chi connectivity index (χ3v) is 6.88. The molecule has 0 saturated carbocycles. The number of nitrogens with one attached hydrogen (secondary N) is 1. The second-order valence-electron chi connectivity index (χ2n) is 8.23. The normalized spacial score (nSPS) is 15.1. The molecule has 1 aliphatic heterocycles. The summed E-state index contributed by atoms with van der Waals surface area (Å²) in [6, 6.07) is 13.9. The SMILES string of the molecule is CCC(C)NC(Cc1nc2s/c(=C\c3cccc4c3OCO4)c(=O)n2n1)c1cccc(OC)c1. The summed E-state index contributed by atoms with van der Waals surface area (Å²) in [7, 11) is 1.66. The Morgan fingerprint density at radius 3 is 2.91 bits per heavy atom. The summed E-state index contributed by atoms with van der Waals surface area (Å²) in [6.07, 6.45) is 3.36. The fourth-order valence-electron chi connectivity index (χ4n) is 3.94. The average molecular weight is 479 g/mol. The van der Waals surface area contributed by atoms with Crippen LogP contribution in [0.5, 0.6) is 17.2 Å². The van der Waals surface area contributed by atoms with Crippen LogP contribution in [0.25, 0.3) is 11.0 Å². The number of hydrogen-bond acceptors (Lipinski definition) is 8. The number of thiazole rings is 1. The minimum absolute atomic E-state index is 0.00709. The Balaban J connectivity index is 1.46. The summed E-state index contributed by atoms with van der Waals surface area (Å²) in [5, 5.41) is 8.19. The van der Waals surface area contributed by atoms with Gasteiger partial charge < -0.3 is 19.5 Å². The lowest BCUT2D eigenvalue weighted by Gasteiger charge is -2.22. The molecule has 2 unspecified atom stereocenters. The van der Waals surface area contributed by atoms with E-state index in [9.17, 15) is 4.79 Å². The maximum Gasteiger partial charge on any atom is 0.291 e. The Morgan fingerprint density at radius 2 is 2.12 bits per heavy atom. The fraction of sp³-hybridized carbons (Fsp3) is 0.320. The van der Waals surface area contributed by atoms with Crippen molar-refractivity contribution in [3.63, 3.8) is 0 Å². The monoisotopic (exact) mass is 478 g/mol. The lowest BCUT2D eigenvalue weighted by Crippen LogP contribution is -2.31. The molecule has 5 rings (SSSR count). The largest absolute Gasteiger partial charge is 0.497 e. The summed E-state index contributed by atoms with van der Waals surface area (Å²) in [5.41, 5.74) is 1.70. The first-order valence-corrected chi connectivity index (χ1v) is 12.1. The van der Waals surface area contributed by atoms with Gasteiger partial charge in [-0.3, -0.25) is 4.79 Å². The van der Waals surface area contributed by atoms with Gasteiger partial charge in [0.1, 0.15) is 5.75 Å². The van der Waals surface area contributed by atoms with Gasteiger partial charge in [-0.25, -0.2) is 4.98 Å². The minimum atomic E-state index is -0.192. The van der Waals surface area contributed by atoms with Crippen LogP contribution in [-0.4, -0.2) is 34.5 Å². The van der Waals surface area contributed by atoms with Gasteiger partial charge in [0.25, 0.3) is 5.56 Å². The van der Waals surface area contributed by atoms with Crippen molar-refractivity contribution in [3.8, 4) is 17.2 Å². The van der Waals surface area contributed by atoms with E-state index in [4.69, 9.17) is 14.2 Å². The highest BCUT2D eigenvalue weighted by atomic mass is 32.1. The van der Waals surface area contributed by atoms with Crippen molar-refractivity contribution in [1.82, 2.24) is 19.9 Å². The standard InChI is InChI=1S/C25H26N4O4S/c1-4-15(2)26-19(16-7-5-9-18(11-16)31-3)13-22-27-25-29(28-22)24(30)21(34-25)12-17-8-6-10-20-23(17)33-14-32-20/h5-12,15,19,26H,4,13-14H2,1-3H3/b21-12-. The Kier molecular flexibility index (Phi) is 6.21. The molecule has 0 radical (unpaired) electrons. The van der Waals surface area contributed by atoms with Gasteiger partial charge in [-0.15, -0.1) is 5.10 Å². The Hall–Kier alpha value is -3.43. The molecule has 0 spiro atoms. The van der Waals surface area contributed by atoms with Crippen LogP contribution in [0.15, 0.2) is 47.3 Å². The molecule has 1 aliphatic rings. The molecule has 2 aromatic heterocycles. The molecule has 1 N–H and O–H groups in total. The second kappa shape index (κ2) is 9.44. The molecule has 2 atom stereocenters. The summed E-state index contributed by atoms with van der Waals surface area (Å²) in [5.74, 6) is 2.76. The molecule has 8 nitrogen and oxygen atoms in total. The van der Waals surface area contributed by atoms with Gasteiger partial charge in [-0.2, -0.15) is 4.52 Å². The van der Waals surface area contributed by atoms with Gasteiger partial charge in [-0.05, 0) is 43.2 Å². The number of methoxy groups -OCH3 is 1. The molecule has 0 aliphatic carbocycles. The van der Waals surface area contributed by atoms with Gasteiger partial charge >= 0.3 is 0 Å². The molecule has 3 heterocycles. The quantitative estimate of drug-likeness (QED) is 0.416. The van der Waals surface area contributed by atoms with E-state index in [0.29, 0.717) is 39.3 Å². The number of aromatic nitrogens is 3. The predicted octanol–water partition coefficient (Wildman–Crippen LogP) is 3.11. The highest BCUT2D eigenvalue weighted by Crippen LogP contribution is 2.35. The number of benzene rings is 2. The molecule has 2 aromatic carbocycles. The number of ether oxygens (including phenoxy) is 3. The number of rotatable bonds is 8. The Morgan fingerprint density at radius 1 is 1.26 bits per heavy atom. The van der Waals surface area contributed by atoms with Crippen LogP contribution in [0.2, 0.25) is 0 Å². The van der Waals surface area contributed by atoms with Crippen molar-refractivity contribution >= 4 is 22.4 Å². The van der Waals surface area contributed by atoms with Gasteiger partial charge in [0.05, 0.1) is 11.6 Å². The molecule has 0 fully saturated rings. The lowest BCUT2D eigenvalue weighted by molar-refractivity contribution is 0.174. The minimum Gasteiger partial charge on any atom is -0.497 e. The van der Waals surface area contributed by atoms with Gasteiger partial charge in [-0.1, -0.05) is 42.5 Å². The summed E-state index contributed by atoms with van der Waals surface area (Å²) in [6.45, 7) is 4.48. The van der Waals surface area contributed by atoms with E-state index in [2.05, 4.69) is 35.3 Å². The van der Waals surface area contributed by atoms with E-state index in [1.165, 1.54) is 15.9 Å². The van der Waals surface area contributed by atoms with E-state index < -0.39 is 0 Å². The topological polar surface area (TPSA) is 87.0 Å². The van der Waals surface area contributed by atoms with Crippen molar-refractivity contribution < 1.29 is 14.2 Å². The van der Waals surface area contributed by atoms with E-state index >= 15 is 0 Å². The number of fused-ring (bicyclic) bond motifs is 2. The molecule has 0 bridgehead atoms. The maximum atomic E-state index is 13.0. The van der Waals surface area contributed by atoms with Crippen molar-refractivity contribution in [2.75, 3.05) is 13.9 Å². The Labute approximate surface area is 200 Å². The average Bonchev–Trinajstić information content (AvgIpc) is 3.56. The molecule has 176 valence electrons. The van der Waals surface area contributed by atoms with Crippen LogP contribution in [0.3, 0.4) is 0 Å². The van der Waals surface area contributed by atoms with Crippen molar-refractivity contribution in [3.05, 3.63) is 74.3 Å². The van der Waals surface area contributed by atoms with Gasteiger partial charge in [0.2, 0.25) is 11.8 Å². The summed E-state index contributed by atoms with van der Waals surface area (Å²) in [4.78, 5) is 18.3. The first-order valence-electron chi connectivity index (χ1n) is 11.2. The van der Waals surface area contributed by atoms with Crippen molar-refractivity contribution in [1.29, 1.82) is 0 Å². The molecular formula is C25H26N4O4S. The van der Waals surface area contributed by atoms with Crippen molar-refractivity contribution in [2.24, 2.45) is 0 Å². The molecular weight excluding hydrogens is 452 g/mol. The van der Waals surface area contributed by atoms with Crippen molar-refractivity contribution in [2.45, 2.75) is 38.8 Å². The summed E-state index contributed by atoms with van der Waals surface area (Å²) < 4.78 is 18.3. The highest BCUT2D eigenvalue weighted by molar-refractivity contribution is 7.15. The van der Waals surface area contributed by atoms with E-state index in [1.807, 2.05) is 36.4 Å². The van der Waals surface area contributed by atoms with E-state index in [1.54, 1.807) is 13.2 Å². The zero-order chi connectivity index (χ0) is 23.7. The number of hydrogen-bond donors (Lipinski definition) is 1. The number of para-hydroxylation sites is 1. The van der Waals surface area contributed by atoms with Gasteiger partial charge in [0.15, 0.2) is 17.3 Å². The maximum absolute atomic E-state index is 13.0. The van der Waals surface area contributed by atoms with Crippen LogP contribution in [0.1, 0.15) is 43.3 Å². The third kappa shape index (κ3) is 4.36.